The molecule has 1 aromatic rings. The van der Waals surface area contributed by atoms with Gasteiger partial charge in [0.25, 0.3) is 0 Å². The topological polar surface area (TPSA) is 63.6 Å². The molecule has 0 radical (unpaired) electrons. The van der Waals surface area contributed by atoms with Crippen LogP contribution in [0.15, 0.2) is 41.7 Å². The fraction of sp³-hybridized carbons (Fsp3) is 0.474. The summed E-state index contributed by atoms with van der Waals surface area (Å²) in [7, 11) is 0. The van der Waals surface area contributed by atoms with Crippen molar-refractivity contribution in [3.8, 4) is 0 Å². The average molecular weight is 314 g/mol. The number of carbonyl (C=O) groups excluding carboxylic acids is 2. The van der Waals surface area contributed by atoms with Crippen LogP contribution in [0.4, 0.5) is 0 Å². The lowest BCUT2D eigenvalue weighted by molar-refractivity contribution is -0.155. The summed E-state index contributed by atoms with van der Waals surface area (Å²) < 4.78 is 5.36. The standard InChI is InChI=1S/C19H22O4/c1-2-14(13-6-4-3-5-7-13)16-18(21)17(20)15(23-19(16)22)11-10-12-8-9-12/h3-7,12,14-15,21H,2,8-11H2,1H3. The largest absolute Gasteiger partial charge is 0.504 e. The van der Waals surface area contributed by atoms with Crippen molar-refractivity contribution in [3.05, 3.63) is 47.2 Å². The van der Waals surface area contributed by atoms with Crippen LogP contribution in [0.25, 0.3) is 0 Å². The van der Waals surface area contributed by atoms with Crippen LogP contribution >= 0.6 is 0 Å². The summed E-state index contributed by atoms with van der Waals surface area (Å²) in [6, 6.07) is 9.44. The van der Waals surface area contributed by atoms with Crippen LogP contribution in [0, 0.1) is 5.92 Å². The lowest BCUT2D eigenvalue weighted by atomic mass is 9.85. The van der Waals surface area contributed by atoms with Crippen LogP contribution in [0.3, 0.4) is 0 Å². The molecule has 1 aliphatic heterocycles. The molecule has 1 N–H and O–H groups in total. The Morgan fingerprint density at radius 1 is 1.17 bits per heavy atom. The van der Waals surface area contributed by atoms with Gasteiger partial charge in [-0.05, 0) is 30.7 Å². The summed E-state index contributed by atoms with van der Waals surface area (Å²) >= 11 is 0. The van der Waals surface area contributed by atoms with E-state index in [0.717, 1.165) is 12.0 Å². The fourth-order valence-corrected chi connectivity index (χ4v) is 3.21. The molecule has 1 aromatic carbocycles. The number of ketones is 1. The third kappa shape index (κ3) is 3.31. The van der Waals surface area contributed by atoms with E-state index < -0.39 is 23.6 Å². The van der Waals surface area contributed by atoms with Gasteiger partial charge in [0.15, 0.2) is 11.9 Å². The molecule has 0 bridgehead atoms. The summed E-state index contributed by atoms with van der Waals surface area (Å²) in [6.45, 7) is 1.93. The zero-order valence-electron chi connectivity index (χ0n) is 13.3. The van der Waals surface area contributed by atoms with Gasteiger partial charge in [-0.2, -0.15) is 0 Å². The molecule has 4 nitrogen and oxygen atoms in total. The minimum atomic E-state index is -0.819. The van der Waals surface area contributed by atoms with Crippen molar-refractivity contribution in [1.29, 1.82) is 0 Å². The summed E-state index contributed by atoms with van der Waals surface area (Å²) in [5, 5.41) is 10.4. The Labute approximate surface area is 136 Å². The SMILES string of the molecule is CCC(C1=C(O)C(=O)C(CCC2CC2)OC1=O)c1ccccc1. The third-order valence-corrected chi connectivity index (χ3v) is 4.74. The highest BCUT2D eigenvalue weighted by molar-refractivity contribution is 6.09. The summed E-state index contributed by atoms with van der Waals surface area (Å²) in [6.07, 6.45) is 3.55. The van der Waals surface area contributed by atoms with Crippen molar-refractivity contribution < 1.29 is 19.4 Å². The van der Waals surface area contributed by atoms with Crippen LogP contribution in [0.2, 0.25) is 0 Å². The number of hydrogen-bond donors (Lipinski definition) is 1. The minimum Gasteiger partial charge on any atom is -0.504 e. The van der Waals surface area contributed by atoms with Crippen molar-refractivity contribution in [3.63, 3.8) is 0 Å². The zero-order chi connectivity index (χ0) is 16.4. The van der Waals surface area contributed by atoms with E-state index in [4.69, 9.17) is 4.74 Å². The van der Waals surface area contributed by atoms with Gasteiger partial charge in [-0.15, -0.1) is 0 Å². The number of ether oxygens (including phenoxy) is 1. The normalized spacial score (nSPS) is 22.9. The number of rotatable bonds is 6. The van der Waals surface area contributed by atoms with Crippen molar-refractivity contribution in [1.82, 2.24) is 0 Å². The minimum absolute atomic E-state index is 0.103. The van der Waals surface area contributed by atoms with E-state index in [0.29, 0.717) is 18.8 Å². The number of esters is 1. The first-order valence-electron chi connectivity index (χ1n) is 8.35. The summed E-state index contributed by atoms with van der Waals surface area (Å²) in [4.78, 5) is 24.8. The number of benzene rings is 1. The number of carbonyl (C=O) groups is 2. The number of Topliss-reactive ketones (excluding diaryl/α,β-unsaturated/α-hetero) is 1. The van der Waals surface area contributed by atoms with Gasteiger partial charge in [-0.3, -0.25) is 4.79 Å². The third-order valence-electron chi connectivity index (χ3n) is 4.74. The molecule has 0 saturated heterocycles. The highest BCUT2D eigenvalue weighted by Gasteiger charge is 2.40. The van der Waals surface area contributed by atoms with E-state index in [9.17, 15) is 14.7 Å². The van der Waals surface area contributed by atoms with E-state index in [2.05, 4.69) is 0 Å². The molecule has 1 fully saturated rings. The molecule has 2 atom stereocenters. The van der Waals surface area contributed by atoms with Crippen molar-refractivity contribution in [2.75, 3.05) is 0 Å². The molecule has 23 heavy (non-hydrogen) atoms. The van der Waals surface area contributed by atoms with Gasteiger partial charge in [-0.1, -0.05) is 50.1 Å². The highest BCUT2D eigenvalue weighted by atomic mass is 16.6. The van der Waals surface area contributed by atoms with Gasteiger partial charge in [0, 0.05) is 5.92 Å². The van der Waals surface area contributed by atoms with E-state index >= 15 is 0 Å². The maximum atomic E-state index is 12.4. The highest BCUT2D eigenvalue weighted by Crippen LogP contribution is 2.37. The Kier molecular flexibility index (Phi) is 4.51. The molecule has 3 rings (SSSR count). The molecule has 122 valence electrons. The van der Waals surface area contributed by atoms with Gasteiger partial charge in [0.1, 0.15) is 0 Å². The molecule has 0 spiro atoms. The quantitative estimate of drug-likeness (QED) is 0.814. The van der Waals surface area contributed by atoms with E-state index in [1.54, 1.807) is 0 Å². The molecule has 0 amide bonds. The van der Waals surface area contributed by atoms with Gasteiger partial charge in [-0.25, -0.2) is 4.79 Å². The molecule has 0 aromatic heterocycles. The Morgan fingerprint density at radius 3 is 2.48 bits per heavy atom. The number of aliphatic hydroxyl groups excluding tert-OH is 1. The number of cyclic esters (lactones) is 1. The van der Waals surface area contributed by atoms with Crippen molar-refractivity contribution >= 4 is 11.8 Å². The van der Waals surface area contributed by atoms with Crippen LogP contribution in [0.5, 0.6) is 0 Å². The van der Waals surface area contributed by atoms with Gasteiger partial charge in [0.2, 0.25) is 5.78 Å². The molecule has 1 aliphatic carbocycles. The smallest absolute Gasteiger partial charge is 0.339 e. The first kappa shape index (κ1) is 15.8. The molecule has 2 unspecified atom stereocenters. The van der Waals surface area contributed by atoms with Gasteiger partial charge >= 0.3 is 5.97 Å². The van der Waals surface area contributed by atoms with Gasteiger partial charge in [0.05, 0.1) is 5.57 Å². The van der Waals surface area contributed by atoms with Crippen molar-refractivity contribution in [2.45, 2.75) is 51.0 Å². The van der Waals surface area contributed by atoms with E-state index in [-0.39, 0.29) is 11.5 Å². The van der Waals surface area contributed by atoms with Crippen LogP contribution in [-0.4, -0.2) is 23.0 Å². The van der Waals surface area contributed by atoms with E-state index in [1.807, 2.05) is 37.3 Å². The molecular weight excluding hydrogens is 292 g/mol. The first-order chi connectivity index (χ1) is 11.1. The molecule has 4 heteroatoms. The molecule has 1 saturated carbocycles. The van der Waals surface area contributed by atoms with Crippen LogP contribution in [0.1, 0.15) is 50.5 Å². The summed E-state index contributed by atoms with van der Waals surface area (Å²) in [5.74, 6) is -1.08. The predicted octanol–water partition coefficient (Wildman–Crippen LogP) is 3.68. The second-order valence-corrected chi connectivity index (χ2v) is 6.41. The van der Waals surface area contributed by atoms with Crippen LogP contribution < -0.4 is 0 Å². The maximum absolute atomic E-state index is 12.4. The van der Waals surface area contributed by atoms with E-state index in [1.165, 1.54) is 12.8 Å². The monoisotopic (exact) mass is 314 g/mol. The molecular formula is C19H22O4. The second-order valence-electron chi connectivity index (χ2n) is 6.41. The van der Waals surface area contributed by atoms with Crippen LogP contribution in [-0.2, 0) is 14.3 Å². The fourth-order valence-electron chi connectivity index (χ4n) is 3.21. The maximum Gasteiger partial charge on any atom is 0.339 e. The Morgan fingerprint density at radius 2 is 1.87 bits per heavy atom. The Hall–Kier alpha value is -2.10. The Bertz CT molecular complexity index is 628. The molecule has 1 heterocycles. The predicted molar refractivity (Wildman–Crippen MR) is 86.0 cm³/mol. The second kappa shape index (κ2) is 6.57. The van der Waals surface area contributed by atoms with Gasteiger partial charge < -0.3 is 9.84 Å². The molecule has 2 aliphatic rings. The number of hydrogen-bond acceptors (Lipinski definition) is 4. The number of aliphatic hydroxyl groups is 1. The lowest BCUT2D eigenvalue weighted by Gasteiger charge is -2.27. The average Bonchev–Trinajstić information content (AvgIpc) is 3.39. The lowest BCUT2D eigenvalue weighted by Crippen LogP contribution is -2.37. The zero-order valence-corrected chi connectivity index (χ0v) is 13.3. The first-order valence-corrected chi connectivity index (χ1v) is 8.35. The Balaban J connectivity index is 1.84. The summed E-state index contributed by atoms with van der Waals surface area (Å²) in [5.41, 5.74) is 1.00. The van der Waals surface area contributed by atoms with Crippen molar-refractivity contribution in [2.24, 2.45) is 5.92 Å².